The molecule has 2 fully saturated rings. The second kappa shape index (κ2) is 4.97. The number of carbonyl (C=O) groups excluding carboxylic acids is 1. The quantitative estimate of drug-likeness (QED) is 0.740. The van der Waals surface area contributed by atoms with Crippen LogP contribution in [-0.2, 0) is 14.8 Å². The number of carboxylic acid groups (broad SMARTS) is 1. The molecule has 2 aliphatic carbocycles. The van der Waals surface area contributed by atoms with E-state index in [1.54, 1.807) is 20.8 Å². The lowest BCUT2D eigenvalue weighted by Crippen LogP contribution is -2.60. The summed E-state index contributed by atoms with van der Waals surface area (Å²) in [5.41, 5.74) is -2.24. The fourth-order valence-electron chi connectivity index (χ4n) is 2.91. The zero-order chi connectivity index (χ0) is 16.9. The van der Waals surface area contributed by atoms with Gasteiger partial charge in [0.1, 0.15) is 5.54 Å². The summed E-state index contributed by atoms with van der Waals surface area (Å²) in [5.74, 6) is -1.17. The molecule has 2 rings (SSSR count). The Morgan fingerprint density at radius 1 is 1.36 bits per heavy atom. The molecule has 0 unspecified atom stereocenters. The molecule has 0 heterocycles. The van der Waals surface area contributed by atoms with Crippen molar-refractivity contribution in [3.8, 4) is 0 Å². The monoisotopic (exact) mass is 330 g/mol. The standard InChI is InChI=1S/C14H22N2O5S/c1-5-9-8-14(9,16(12(18)19)13(2,3)4)11(17)15-22(20,21)10-6-7-10/h5,9-10H,1,6-8H2,2-4H3,(H,15,17)(H,18,19)/t9-,14-/m1/s1. The Hall–Kier alpha value is -1.57. The van der Waals surface area contributed by atoms with Gasteiger partial charge in [0.05, 0.1) is 5.25 Å². The topological polar surface area (TPSA) is 104 Å². The highest BCUT2D eigenvalue weighted by atomic mass is 32.2. The first-order chi connectivity index (χ1) is 9.96. The number of hydrogen-bond donors (Lipinski definition) is 2. The molecule has 0 aromatic rings. The molecule has 22 heavy (non-hydrogen) atoms. The summed E-state index contributed by atoms with van der Waals surface area (Å²) in [5, 5.41) is 8.99. The summed E-state index contributed by atoms with van der Waals surface area (Å²) in [7, 11) is -3.72. The van der Waals surface area contributed by atoms with E-state index in [9.17, 15) is 23.1 Å². The van der Waals surface area contributed by atoms with Gasteiger partial charge >= 0.3 is 6.09 Å². The molecule has 8 heteroatoms. The van der Waals surface area contributed by atoms with E-state index in [-0.39, 0.29) is 6.42 Å². The Balaban J connectivity index is 2.34. The average molecular weight is 330 g/mol. The molecule has 0 spiro atoms. The van der Waals surface area contributed by atoms with E-state index in [1.165, 1.54) is 6.08 Å². The number of amides is 2. The molecule has 2 aliphatic rings. The third-order valence-corrected chi connectivity index (χ3v) is 5.94. The van der Waals surface area contributed by atoms with Crippen molar-refractivity contribution in [1.82, 2.24) is 9.62 Å². The van der Waals surface area contributed by atoms with Crippen molar-refractivity contribution in [3.63, 3.8) is 0 Å². The van der Waals surface area contributed by atoms with Gasteiger partial charge < -0.3 is 5.11 Å². The molecule has 0 aromatic heterocycles. The average Bonchev–Trinajstić information content (AvgIpc) is 3.20. The smallest absolute Gasteiger partial charge is 0.408 e. The van der Waals surface area contributed by atoms with Crippen molar-refractivity contribution in [3.05, 3.63) is 12.7 Å². The maximum absolute atomic E-state index is 12.6. The molecule has 2 amide bonds. The third-order valence-electron chi connectivity index (χ3n) is 4.12. The van der Waals surface area contributed by atoms with Gasteiger partial charge in [-0.1, -0.05) is 6.08 Å². The van der Waals surface area contributed by atoms with E-state index in [1.807, 2.05) is 0 Å². The van der Waals surface area contributed by atoms with Crippen LogP contribution in [0.3, 0.4) is 0 Å². The Labute approximate surface area is 130 Å². The normalized spacial score (nSPS) is 27.9. The van der Waals surface area contributed by atoms with Crippen LogP contribution in [0.25, 0.3) is 0 Å². The van der Waals surface area contributed by atoms with E-state index >= 15 is 0 Å². The van der Waals surface area contributed by atoms with Gasteiger partial charge in [-0.25, -0.2) is 13.2 Å². The molecule has 0 radical (unpaired) electrons. The number of sulfonamides is 1. The number of nitrogens with one attached hydrogen (secondary N) is 1. The van der Waals surface area contributed by atoms with Gasteiger partial charge in [0, 0.05) is 11.5 Å². The molecule has 2 N–H and O–H groups in total. The van der Waals surface area contributed by atoms with Crippen LogP contribution in [-0.4, -0.2) is 46.8 Å². The van der Waals surface area contributed by atoms with Gasteiger partial charge in [-0.15, -0.1) is 6.58 Å². The van der Waals surface area contributed by atoms with Crippen molar-refractivity contribution >= 4 is 22.0 Å². The minimum atomic E-state index is -3.72. The minimum absolute atomic E-state index is 0.242. The lowest BCUT2D eigenvalue weighted by molar-refractivity contribution is -0.128. The molecular formula is C14H22N2O5S. The van der Waals surface area contributed by atoms with Gasteiger partial charge in [-0.2, -0.15) is 0 Å². The van der Waals surface area contributed by atoms with Crippen LogP contribution in [0.1, 0.15) is 40.0 Å². The fourth-order valence-corrected chi connectivity index (χ4v) is 4.27. The predicted molar refractivity (Wildman–Crippen MR) is 80.7 cm³/mol. The zero-order valence-corrected chi connectivity index (χ0v) is 13.8. The minimum Gasteiger partial charge on any atom is -0.465 e. The molecule has 2 atom stereocenters. The highest BCUT2D eigenvalue weighted by Gasteiger charge is 2.67. The Kier molecular flexibility index (Phi) is 3.80. The number of hydrogen-bond acceptors (Lipinski definition) is 4. The van der Waals surface area contributed by atoms with Crippen LogP contribution in [0, 0.1) is 5.92 Å². The lowest BCUT2D eigenvalue weighted by Gasteiger charge is -2.39. The number of rotatable bonds is 5. The first kappa shape index (κ1) is 16.8. The summed E-state index contributed by atoms with van der Waals surface area (Å²) in [6, 6.07) is 0. The Morgan fingerprint density at radius 3 is 2.23 bits per heavy atom. The molecular weight excluding hydrogens is 308 g/mol. The highest BCUT2D eigenvalue weighted by molar-refractivity contribution is 7.90. The van der Waals surface area contributed by atoms with Crippen LogP contribution in [0.2, 0.25) is 0 Å². The van der Waals surface area contributed by atoms with Crippen LogP contribution >= 0.6 is 0 Å². The fraction of sp³-hybridized carbons (Fsp3) is 0.714. The first-order valence-electron chi connectivity index (χ1n) is 7.18. The SMILES string of the molecule is C=C[C@@H]1C[C@@]1(C(=O)NS(=O)(=O)C1CC1)N(C(=O)O)C(C)(C)C. The molecule has 124 valence electrons. The Bertz CT molecular complexity index is 618. The molecule has 0 aromatic carbocycles. The number of nitrogens with zero attached hydrogens (tertiary/aromatic N) is 1. The van der Waals surface area contributed by atoms with E-state index < -0.39 is 44.3 Å². The van der Waals surface area contributed by atoms with E-state index in [0.717, 1.165) is 4.90 Å². The van der Waals surface area contributed by atoms with Crippen molar-refractivity contribution in [2.24, 2.45) is 5.92 Å². The van der Waals surface area contributed by atoms with Crippen molar-refractivity contribution < 1.29 is 23.1 Å². The summed E-state index contributed by atoms with van der Waals surface area (Å²) in [6.45, 7) is 8.63. The van der Waals surface area contributed by atoms with Gasteiger partial charge in [0.15, 0.2) is 0 Å². The van der Waals surface area contributed by atoms with Crippen molar-refractivity contribution in [1.29, 1.82) is 0 Å². The van der Waals surface area contributed by atoms with Gasteiger partial charge in [0.25, 0.3) is 5.91 Å². The van der Waals surface area contributed by atoms with Gasteiger partial charge in [0.2, 0.25) is 10.0 Å². The van der Waals surface area contributed by atoms with Gasteiger partial charge in [-0.3, -0.25) is 14.4 Å². The summed E-state index contributed by atoms with van der Waals surface area (Å²) in [6.07, 6.45) is 1.55. The van der Waals surface area contributed by atoms with Crippen LogP contribution < -0.4 is 4.72 Å². The second-order valence-corrected chi connectivity index (χ2v) is 8.90. The largest absolute Gasteiger partial charge is 0.465 e. The summed E-state index contributed by atoms with van der Waals surface area (Å²) < 4.78 is 26.1. The maximum Gasteiger partial charge on any atom is 0.408 e. The third kappa shape index (κ3) is 2.71. The molecule has 0 bridgehead atoms. The van der Waals surface area contributed by atoms with E-state index in [2.05, 4.69) is 11.3 Å². The summed E-state index contributed by atoms with van der Waals surface area (Å²) in [4.78, 5) is 25.3. The molecule has 7 nitrogen and oxygen atoms in total. The van der Waals surface area contributed by atoms with Gasteiger partial charge in [-0.05, 0) is 40.0 Å². The van der Waals surface area contributed by atoms with E-state index in [0.29, 0.717) is 12.8 Å². The molecule has 0 saturated heterocycles. The lowest BCUT2D eigenvalue weighted by atomic mass is 10.00. The molecule has 2 saturated carbocycles. The van der Waals surface area contributed by atoms with Crippen LogP contribution in [0.15, 0.2) is 12.7 Å². The van der Waals surface area contributed by atoms with Crippen LogP contribution in [0.5, 0.6) is 0 Å². The van der Waals surface area contributed by atoms with Crippen LogP contribution in [0.4, 0.5) is 4.79 Å². The predicted octanol–water partition coefficient (Wildman–Crippen LogP) is 1.32. The highest BCUT2D eigenvalue weighted by Crippen LogP contribution is 2.52. The number of carbonyl (C=O) groups is 2. The van der Waals surface area contributed by atoms with E-state index in [4.69, 9.17) is 0 Å². The van der Waals surface area contributed by atoms with Crippen molar-refractivity contribution in [2.45, 2.75) is 56.4 Å². The maximum atomic E-state index is 12.6. The summed E-state index contributed by atoms with van der Waals surface area (Å²) >= 11 is 0. The van der Waals surface area contributed by atoms with Crippen molar-refractivity contribution in [2.75, 3.05) is 0 Å². The molecule has 0 aliphatic heterocycles. The zero-order valence-electron chi connectivity index (χ0n) is 13.0. The second-order valence-electron chi connectivity index (χ2n) is 6.93. The Morgan fingerprint density at radius 2 is 1.91 bits per heavy atom. The first-order valence-corrected chi connectivity index (χ1v) is 8.73.